The molecule has 0 aliphatic rings. The van der Waals surface area contributed by atoms with E-state index >= 15 is 0 Å². The predicted molar refractivity (Wildman–Crippen MR) is 72.6 cm³/mol. The summed E-state index contributed by atoms with van der Waals surface area (Å²) < 4.78 is 0. The molecule has 0 atom stereocenters. The van der Waals surface area contributed by atoms with Crippen molar-refractivity contribution in [3.63, 3.8) is 0 Å². The summed E-state index contributed by atoms with van der Waals surface area (Å²) >= 11 is 5.72. The van der Waals surface area contributed by atoms with Gasteiger partial charge in [-0.25, -0.2) is 0 Å². The van der Waals surface area contributed by atoms with Crippen molar-refractivity contribution in [3.05, 3.63) is 35.4 Å². The molecular formula is C14H20ClNO. The van der Waals surface area contributed by atoms with Crippen LogP contribution >= 0.6 is 11.6 Å². The number of aryl methyl sites for hydroxylation is 1. The largest absolute Gasteiger partial charge is 0.352 e. The minimum Gasteiger partial charge on any atom is -0.352 e. The Hall–Kier alpha value is -1.02. The number of amides is 1. The Labute approximate surface area is 108 Å². The van der Waals surface area contributed by atoms with Crippen molar-refractivity contribution in [2.75, 3.05) is 12.4 Å². The third-order valence-corrected chi connectivity index (χ3v) is 3.00. The van der Waals surface area contributed by atoms with Gasteiger partial charge in [0.2, 0.25) is 0 Å². The lowest BCUT2D eigenvalue weighted by Gasteiger charge is -2.23. The first-order valence-electron chi connectivity index (χ1n) is 5.85. The number of alkyl halides is 1. The van der Waals surface area contributed by atoms with Crippen LogP contribution in [-0.2, 0) is 0 Å². The van der Waals surface area contributed by atoms with E-state index in [9.17, 15) is 4.79 Å². The lowest BCUT2D eigenvalue weighted by molar-refractivity contribution is 0.0936. The maximum atomic E-state index is 11.9. The van der Waals surface area contributed by atoms with Crippen molar-refractivity contribution < 1.29 is 4.79 Å². The summed E-state index contributed by atoms with van der Waals surface area (Å²) in [4.78, 5) is 11.9. The molecule has 0 bridgehead atoms. The zero-order valence-corrected chi connectivity index (χ0v) is 11.5. The summed E-state index contributed by atoms with van der Waals surface area (Å²) in [6, 6.07) is 7.58. The van der Waals surface area contributed by atoms with Crippen molar-refractivity contribution in [1.82, 2.24) is 5.32 Å². The number of halogens is 1. The molecule has 0 aliphatic carbocycles. The summed E-state index contributed by atoms with van der Waals surface area (Å²) in [6.45, 7) is 6.85. The first-order chi connectivity index (χ1) is 7.94. The monoisotopic (exact) mass is 253 g/mol. The number of rotatable bonds is 5. The quantitative estimate of drug-likeness (QED) is 0.801. The Bertz CT molecular complexity index is 370. The van der Waals surface area contributed by atoms with Gasteiger partial charge in [-0.3, -0.25) is 4.79 Å². The molecule has 0 aliphatic heterocycles. The normalized spacial score (nSPS) is 11.3. The van der Waals surface area contributed by atoms with Crippen LogP contribution < -0.4 is 5.32 Å². The van der Waals surface area contributed by atoms with Crippen LogP contribution in [0, 0.1) is 12.3 Å². The fourth-order valence-electron chi connectivity index (χ4n) is 1.47. The van der Waals surface area contributed by atoms with Gasteiger partial charge in [0.25, 0.3) is 5.91 Å². The van der Waals surface area contributed by atoms with Gasteiger partial charge in [0, 0.05) is 18.0 Å². The molecule has 1 aromatic carbocycles. The van der Waals surface area contributed by atoms with E-state index in [1.54, 1.807) is 0 Å². The highest BCUT2D eigenvalue weighted by Crippen LogP contribution is 2.19. The molecule has 1 amide bonds. The number of benzene rings is 1. The summed E-state index contributed by atoms with van der Waals surface area (Å²) in [6.07, 6.45) is 0.892. The lowest BCUT2D eigenvalue weighted by atomic mass is 9.90. The van der Waals surface area contributed by atoms with E-state index in [-0.39, 0.29) is 11.3 Å². The van der Waals surface area contributed by atoms with Gasteiger partial charge in [-0.1, -0.05) is 31.5 Å². The van der Waals surface area contributed by atoms with Crippen LogP contribution in [0.15, 0.2) is 24.3 Å². The molecule has 0 heterocycles. The van der Waals surface area contributed by atoms with Crippen LogP contribution in [0.25, 0.3) is 0 Å². The minimum absolute atomic E-state index is 0.0207. The van der Waals surface area contributed by atoms with E-state index in [4.69, 9.17) is 11.6 Å². The molecule has 0 spiro atoms. The van der Waals surface area contributed by atoms with Crippen molar-refractivity contribution in [2.24, 2.45) is 5.41 Å². The van der Waals surface area contributed by atoms with E-state index in [2.05, 4.69) is 19.2 Å². The lowest BCUT2D eigenvalue weighted by Crippen LogP contribution is -2.34. The molecule has 0 aromatic heterocycles. The van der Waals surface area contributed by atoms with Crippen LogP contribution in [0.4, 0.5) is 0 Å². The second-order valence-corrected chi connectivity index (χ2v) is 5.53. The maximum absolute atomic E-state index is 11.9. The van der Waals surface area contributed by atoms with E-state index in [0.717, 1.165) is 12.0 Å². The Morgan fingerprint density at radius 1 is 1.29 bits per heavy atom. The molecular weight excluding hydrogens is 234 g/mol. The van der Waals surface area contributed by atoms with E-state index in [0.29, 0.717) is 18.0 Å². The first kappa shape index (κ1) is 14.0. The smallest absolute Gasteiger partial charge is 0.251 e. The second-order valence-electron chi connectivity index (χ2n) is 5.15. The standard InChI is InChI=1S/C14H20ClNO/c1-11-4-6-12(7-5-11)13(17)16-10-14(2,3)8-9-15/h4-7H,8-10H2,1-3H3,(H,16,17). The van der Waals surface area contributed by atoms with Gasteiger partial charge in [0.15, 0.2) is 0 Å². The Morgan fingerprint density at radius 2 is 1.88 bits per heavy atom. The molecule has 1 rings (SSSR count). The molecule has 1 N–H and O–H groups in total. The molecule has 17 heavy (non-hydrogen) atoms. The molecule has 0 radical (unpaired) electrons. The van der Waals surface area contributed by atoms with Gasteiger partial charge >= 0.3 is 0 Å². The highest BCUT2D eigenvalue weighted by Gasteiger charge is 2.18. The molecule has 3 heteroatoms. The minimum atomic E-state index is -0.0207. The van der Waals surface area contributed by atoms with E-state index in [1.165, 1.54) is 0 Å². The molecule has 2 nitrogen and oxygen atoms in total. The van der Waals surface area contributed by atoms with E-state index < -0.39 is 0 Å². The van der Waals surface area contributed by atoms with Gasteiger partial charge in [-0.2, -0.15) is 0 Å². The van der Waals surface area contributed by atoms with Gasteiger partial charge < -0.3 is 5.32 Å². The summed E-state index contributed by atoms with van der Waals surface area (Å²) in [5.74, 6) is 0.598. The Kier molecular flexibility index (Phi) is 5.01. The van der Waals surface area contributed by atoms with Gasteiger partial charge in [-0.05, 0) is 30.9 Å². The molecule has 0 fully saturated rings. The molecule has 0 saturated carbocycles. The van der Waals surface area contributed by atoms with Crippen LogP contribution in [0.5, 0.6) is 0 Å². The van der Waals surface area contributed by atoms with E-state index in [1.807, 2.05) is 31.2 Å². The summed E-state index contributed by atoms with van der Waals surface area (Å²) in [5, 5.41) is 2.95. The number of hydrogen-bond acceptors (Lipinski definition) is 1. The fourth-order valence-corrected chi connectivity index (χ4v) is 1.98. The number of nitrogens with one attached hydrogen (secondary N) is 1. The first-order valence-corrected chi connectivity index (χ1v) is 6.39. The third-order valence-electron chi connectivity index (χ3n) is 2.81. The predicted octanol–water partition coefficient (Wildman–Crippen LogP) is 3.38. The SMILES string of the molecule is Cc1ccc(C(=O)NCC(C)(C)CCCl)cc1. The zero-order valence-electron chi connectivity index (χ0n) is 10.7. The Balaban J connectivity index is 2.53. The third kappa shape index (κ3) is 4.78. The summed E-state index contributed by atoms with van der Waals surface area (Å²) in [7, 11) is 0. The number of carbonyl (C=O) groups is 1. The molecule has 1 aromatic rings. The van der Waals surface area contributed by atoms with Crippen molar-refractivity contribution in [3.8, 4) is 0 Å². The highest BCUT2D eigenvalue weighted by atomic mass is 35.5. The maximum Gasteiger partial charge on any atom is 0.251 e. The number of carbonyl (C=O) groups excluding carboxylic acids is 1. The molecule has 0 saturated heterocycles. The van der Waals surface area contributed by atoms with Gasteiger partial charge in [0.1, 0.15) is 0 Å². The molecule has 0 unspecified atom stereocenters. The number of hydrogen-bond donors (Lipinski definition) is 1. The topological polar surface area (TPSA) is 29.1 Å². The van der Waals surface area contributed by atoms with Crippen LogP contribution in [0.1, 0.15) is 36.2 Å². The zero-order chi connectivity index (χ0) is 12.9. The van der Waals surface area contributed by atoms with Gasteiger partial charge in [-0.15, -0.1) is 11.6 Å². The highest BCUT2D eigenvalue weighted by molar-refractivity contribution is 6.17. The molecule has 94 valence electrons. The second kappa shape index (κ2) is 6.06. The van der Waals surface area contributed by atoms with Crippen LogP contribution in [0.2, 0.25) is 0 Å². The average molecular weight is 254 g/mol. The van der Waals surface area contributed by atoms with Crippen molar-refractivity contribution in [2.45, 2.75) is 27.2 Å². The average Bonchev–Trinajstić information content (AvgIpc) is 2.27. The van der Waals surface area contributed by atoms with Crippen molar-refractivity contribution >= 4 is 17.5 Å². The van der Waals surface area contributed by atoms with Gasteiger partial charge in [0.05, 0.1) is 0 Å². The Morgan fingerprint density at radius 3 is 2.41 bits per heavy atom. The van der Waals surface area contributed by atoms with Crippen LogP contribution in [0.3, 0.4) is 0 Å². The summed E-state index contributed by atoms with van der Waals surface area (Å²) in [5.41, 5.74) is 1.91. The van der Waals surface area contributed by atoms with Crippen molar-refractivity contribution in [1.29, 1.82) is 0 Å². The fraction of sp³-hybridized carbons (Fsp3) is 0.500. The van der Waals surface area contributed by atoms with Crippen LogP contribution in [-0.4, -0.2) is 18.3 Å².